The molecular formula is C25H20N2O5. The van der Waals surface area contributed by atoms with Gasteiger partial charge in [-0.05, 0) is 29.8 Å². The number of fused-ring (bicyclic) bond motifs is 1. The number of benzene rings is 3. The van der Waals surface area contributed by atoms with E-state index in [9.17, 15) is 9.59 Å². The zero-order valence-corrected chi connectivity index (χ0v) is 17.3. The predicted molar refractivity (Wildman–Crippen MR) is 120 cm³/mol. The molecule has 1 N–H and O–H groups in total. The third kappa shape index (κ3) is 3.43. The van der Waals surface area contributed by atoms with Crippen LogP contribution in [0.2, 0.25) is 0 Å². The van der Waals surface area contributed by atoms with Crippen molar-refractivity contribution in [3.05, 3.63) is 84.1 Å². The third-order valence-corrected chi connectivity index (χ3v) is 5.27. The van der Waals surface area contributed by atoms with Gasteiger partial charge in [0.2, 0.25) is 0 Å². The lowest BCUT2D eigenvalue weighted by Gasteiger charge is -2.21. The van der Waals surface area contributed by atoms with E-state index in [2.05, 4.69) is 5.32 Å². The summed E-state index contributed by atoms with van der Waals surface area (Å²) in [5.74, 6) is 0.865. The van der Waals surface area contributed by atoms with Crippen molar-refractivity contribution >= 4 is 28.8 Å². The van der Waals surface area contributed by atoms with Crippen molar-refractivity contribution in [3.8, 4) is 17.2 Å². The number of amides is 2. The van der Waals surface area contributed by atoms with Crippen molar-refractivity contribution in [2.24, 2.45) is 0 Å². The highest BCUT2D eigenvalue weighted by Crippen LogP contribution is 2.38. The van der Waals surface area contributed by atoms with Gasteiger partial charge in [0, 0.05) is 17.8 Å². The molecule has 0 aliphatic carbocycles. The average molecular weight is 428 g/mol. The van der Waals surface area contributed by atoms with E-state index in [0.29, 0.717) is 53.0 Å². The maximum absolute atomic E-state index is 13.5. The molecule has 3 aromatic rings. The van der Waals surface area contributed by atoms with Gasteiger partial charge in [0.25, 0.3) is 11.8 Å². The highest BCUT2D eigenvalue weighted by atomic mass is 16.6. The zero-order chi connectivity index (χ0) is 22.1. The van der Waals surface area contributed by atoms with Crippen LogP contribution in [0.4, 0.5) is 11.4 Å². The second-order valence-corrected chi connectivity index (χ2v) is 7.25. The summed E-state index contributed by atoms with van der Waals surface area (Å²) < 4.78 is 16.5. The van der Waals surface area contributed by atoms with Crippen LogP contribution in [0, 0.1) is 0 Å². The smallest absolute Gasteiger partial charge is 0.282 e. The molecule has 0 unspecified atom stereocenters. The standard InChI is InChI=1S/C25H20N2O5/c1-30-19-9-5-8-17(14-19)26-23-22(16-6-3-2-4-7-16)24(28)27(25(23)29)18-10-11-20-21(15-18)32-13-12-31-20/h2-11,14-15,26H,12-13H2,1H3. The Bertz CT molecular complexity index is 1240. The number of rotatable bonds is 5. The molecule has 0 bridgehead atoms. The second kappa shape index (κ2) is 8.11. The molecule has 0 aromatic heterocycles. The molecule has 0 saturated heterocycles. The number of carbonyl (C=O) groups excluding carboxylic acids is 2. The first kappa shape index (κ1) is 19.7. The van der Waals surface area contributed by atoms with Gasteiger partial charge in [-0.1, -0.05) is 36.4 Å². The molecule has 0 saturated carbocycles. The summed E-state index contributed by atoms with van der Waals surface area (Å²) in [6.45, 7) is 0.872. The topological polar surface area (TPSA) is 77.1 Å². The highest BCUT2D eigenvalue weighted by molar-refractivity contribution is 6.46. The SMILES string of the molecule is COc1cccc(NC2=C(c3ccccc3)C(=O)N(c3ccc4c(c3)OCCO4)C2=O)c1. The number of nitrogens with one attached hydrogen (secondary N) is 1. The van der Waals surface area contributed by atoms with Crippen molar-refractivity contribution in [3.63, 3.8) is 0 Å². The van der Waals surface area contributed by atoms with Crippen LogP contribution in [0.5, 0.6) is 17.2 Å². The van der Waals surface area contributed by atoms with Crippen LogP contribution < -0.4 is 24.4 Å². The maximum atomic E-state index is 13.5. The van der Waals surface area contributed by atoms with E-state index in [-0.39, 0.29) is 5.70 Å². The minimum atomic E-state index is -0.451. The maximum Gasteiger partial charge on any atom is 0.282 e. The van der Waals surface area contributed by atoms with Crippen LogP contribution in [0.1, 0.15) is 5.56 Å². The van der Waals surface area contributed by atoms with Crippen molar-refractivity contribution < 1.29 is 23.8 Å². The van der Waals surface area contributed by atoms with Gasteiger partial charge in [-0.2, -0.15) is 0 Å². The Hall–Kier alpha value is -4.26. The Morgan fingerprint density at radius 3 is 2.41 bits per heavy atom. The fraction of sp³-hybridized carbons (Fsp3) is 0.120. The van der Waals surface area contributed by atoms with Crippen LogP contribution in [-0.4, -0.2) is 32.1 Å². The molecule has 2 aliphatic heterocycles. The van der Waals surface area contributed by atoms with Crippen molar-refractivity contribution in [1.29, 1.82) is 0 Å². The Kier molecular flexibility index (Phi) is 4.99. The number of ether oxygens (including phenoxy) is 3. The van der Waals surface area contributed by atoms with Gasteiger partial charge in [0.15, 0.2) is 11.5 Å². The first-order valence-electron chi connectivity index (χ1n) is 10.1. The van der Waals surface area contributed by atoms with Crippen molar-refractivity contribution in [1.82, 2.24) is 0 Å². The van der Waals surface area contributed by atoms with Crippen molar-refractivity contribution in [2.45, 2.75) is 0 Å². The number of anilines is 2. The molecular weight excluding hydrogens is 408 g/mol. The summed E-state index contributed by atoms with van der Waals surface area (Å²) in [6.07, 6.45) is 0. The molecule has 32 heavy (non-hydrogen) atoms. The lowest BCUT2D eigenvalue weighted by molar-refractivity contribution is -0.120. The summed E-state index contributed by atoms with van der Waals surface area (Å²) in [7, 11) is 1.57. The summed E-state index contributed by atoms with van der Waals surface area (Å²) in [5, 5.41) is 3.14. The number of methoxy groups -OCH3 is 1. The minimum absolute atomic E-state index is 0.198. The van der Waals surface area contributed by atoms with Gasteiger partial charge in [-0.3, -0.25) is 9.59 Å². The normalized spacial score (nSPS) is 15.2. The molecule has 5 rings (SSSR count). The lowest BCUT2D eigenvalue weighted by atomic mass is 10.0. The van der Waals surface area contributed by atoms with E-state index < -0.39 is 11.8 Å². The molecule has 0 radical (unpaired) electrons. The van der Waals surface area contributed by atoms with E-state index >= 15 is 0 Å². The molecule has 160 valence electrons. The molecule has 0 atom stereocenters. The first-order chi connectivity index (χ1) is 15.7. The Morgan fingerprint density at radius 1 is 0.844 bits per heavy atom. The largest absolute Gasteiger partial charge is 0.497 e. The van der Waals surface area contributed by atoms with Gasteiger partial charge in [-0.25, -0.2) is 4.90 Å². The molecule has 7 nitrogen and oxygen atoms in total. The molecule has 3 aromatic carbocycles. The molecule has 2 heterocycles. The number of imide groups is 1. The van der Waals surface area contributed by atoms with Crippen LogP contribution in [0.25, 0.3) is 5.57 Å². The number of carbonyl (C=O) groups is 2. The van der Waals surface area contributed by atoms with Crippen LogP contribution in [-0.2, 0) is 9.59 Å². The van der Waals surface area contributed by atoms with E-state index in [1.165, 1.54) is 0 Å². The fourth-order valence-electron chi connectivity index (χ4n) is 3.77. The summed E-state index contributed by atoms with van der Waals surface area (Å²) in [4.78, 5) is 28.2. The summed E-state index contributed by atoms with van der Waals surface area (Å²) in [6, 6.07) is 21.4. The van der Waals surface area contributed by atoms with Crippen LogP contribution in [0.3, 0.4) is 0 Å². The first-order valence-corrected chi connectivity index (χ1v) is 10.1. The van der Waals surface area contributed by atoms with E-state index in [4.69, 9.17) is 14.2 Å². The Labute approximate surface area is 184 Å². The summed E-state index contributed by atoms with van der Waals surface area (Å²) in [5.41, 5.74) is 2.20. The summed E-state index contributed by atoms with van der Waals surface area (Å²) >= 11 is 0. The zero-order valence-electron chi connectivity index (χ0n) is 17.3. The van der Waals surface area contributed by atoms with Gasteiger partial charge in [0.05, 0.1) is 18.4 Å². The molecule has 0 fully saturated rings. The van der Waals surface area contributed by atoms with Crippen LogP contribution >= 0.6 is 0 Å². The third-order valence-electron chi connectivity index (χ3n) is 5.27. The lowest BCUT2D eigenvalue weighted by Crippen LogP contribution is -2.32. The highest BCUT2D eigenvalue weighted by Gasteiger charge is 2.40. The van der Waals surface area contributed by atoms with E-state index in [0.717, 1.165) is 4.90 Å². The number of hydrogen-bond acceptors (Lipinski definition) is 6. The minimum Gasteiger partial charge on any atom is -0.497 e. The quantitative estimate of drug-likeness (QED) is 0.622. The number of nitrogens with zero attached hydrogens (tertiary/aromatic N) is 1. The Morgan fingerprint density at radius 2 is 1.62 bits per heavy atom. The predicted octanol–water partition coefficient (Wildman–Crippen LogP) is 3.86. The molecule has 7 heteroatoms. The van der Waals surface area contributed by atoms with E-state index in [1.807, 2.05) is 30.3 Å². The van der Waals surface area contributed by atoms with Gasteiger partial charge in [-0.15, -0.1) is 0 Å². The molecule has 2 aliphatic rings. The van der Waals surface area contributed by atoms with E-state index in [1.54, 1.807) is 49.6 Å². The van der Waals surface area contributed by atoms with Gasteiger partial charge in [0.1, 0.15) is 24.7 Å². The van der Waals surface area contributed by atoms with Crippen molar-refractivity contribution in [2.75, 3.05) is 30.5 Å². The second-order valence-electron chi connectivity index (χ2n) is 7.25. The monoisotopic (exact) mass is 428 g/mol. The fourth-order valence-corrected chi connectivity index (χ4v) is 3.77. The molecule has 2 amide bonds. The molecule has 0 spiro atoms. The van der Waals surface area contributed by atoms with Gasteiger partial charge >= 0.3 is 0 Å². The van der Waals surface area contributed by atoms with Crippen LogP contribution in [0.15, 0.2) is 78.5 Å². The average Bonchev–Trinajstić information content (AvgIpc) is 3.08. The van der Waals surface area contributed by atoms with Gasteiger partial charge < -0.3 is 19.5 Å². The number of hydrogen-bond donors (Lipinski definition) is 1. The Balaban J connectivity index is 1.57.